The highest BCUT2D eigenvalue weighted by atomic mass is 35.5. The first-order valence-electron chi connectivity index (χ1n) is 6.76. The second-order valence-electron chi connectivity index (χ2n) is 4.82. The molecule has 2 rings (SSSR count). The number of carbonyl (C=O) groups is 1. The maximum absolute atomic E-state index is 12.5. The van der Waals surface area contributed by atoms with Gasteiger partial charge >= 0.3 is 0 Å². The van der Waals surface area contributed by atoms with Gasteiger partial charge in [0.2, 0.25) is 5.91 Å². The zero-order valence-corrected chi connectivity index (χ0v) is 14.5. The lowest BCUT2D eigenvalue weighted by Gasteiger charge is -2.25. The topological polar surface area (TPSA) is 84.2 Å². The number of ether oxygens (including phenoxy) is 1. The first-order chi connectivity index (χ1) is 10.2. The minimum absolute atomic E-state index is 0. The van der Waals surface area contributed by atoms with Gasteiger partial charge in [-0.25, -0.2) is 0 Å². The van der Waals surface area contributed by atoms with Crippen molar-refractivity contribution in [2.45, 2.75) is 19.1 Å². The van der Waals surface area contributed by atoms with Gasteiger partial charge in [-0.15, -0.1) is 24.8 Å². The van der Waals surface area contributed by atoms with Crippen LogP contribution in [0.15, 0.2) is 42.6 Å². The molecular weight excluding hydrogens is 339 g/mol. The van der Waals surface area contributed by atoms with Crippen molar-refractivity contribution in [3.63, 3.8) is 0 Å². The van der Waals surface area contributed by atoms with Crippen molar-refractivity contribution in [2.24, 2.45) is 5.73 Å². The molecule has 0 aliphatic rings. The van der Waals surface area contributed by atoms with Crippen molar-refractivity contribution in [1.82, 2.24) is 15.1 Å². The number of amides is 1. The van der Waals surface area contributed by atoms with Gasteiger partial charge < -0.3 is 15.4 Å². The standard InChI is InChI=1S/C15H20N4O2.2ClH/c1-21-11-14(16)15(20)19(10-13-7-8-17-18-13)9-12-5-3-2-4-6-12;;/h2-8,14H,9-11,16H2,1H3,(H,17,18);2*1H. The van der Waals surface area contributed by atoms with Crippen LogP contribution in [-0.2, 0) is 22.6 Å². The number of rotatable bonds is 7. The van der Waals surface area contributed by atoms with Crippen molar-refractivity contribution in [3.05, 3.63) is 53.9 Å². The lowest BCUT2D eigenvalue weighted by atomic mass is 10.2. The molecule has 6 nitrogen and oxygen atoms in total. The fourth-order valence-corrected chi connectivity index (χ4v) is 2.08. The smallest absolute Gasteiger partial charge is 0.242 e. The Kier molecular flexibility index (Phi) is 10.2. The van der Waals surface area contributed by atoms with Gasteiger partial charge in [0.1, 0.15) is 6.04 Å². The predicted molar refractivity (Wildman–Crippen MR) is 93.6 cm³/mol. The molecule has 8 heteroatoms. The summed E-state index contributed by atoms with van der Waals surface area (Å²) in [5.74, 6) is -0.143. The number of aromatic nitrogens is 2. The number of aromatic amines is 1. The molecule has 1 unspecified atom stereocenters. The molecular formula is C15H22Cl2N4O2. The Bertz CT molecular complexity index is 552. The number of nitrogens with two attached hydrogens (primary N) is 1. The van der Waals surface area contributed by atoms with E-state index in [4.69, 9.17) is 10.5 Å². The molecule has 1 atom stereocenters. The summed E-state index contributed by atoms with van der Waals surface area (Å²) in [6, 6.07) is 11.0. The minimum atomic E-state index is -0.665. The van der Waals surface area contributed by atoms with E-state index in [1.807, 2.05) is 36.4 Å². The molecule has 0 radical (unpaired) electrons. The number of hydrogen-bond donors (Lipinski definition) is 2. The highest BCUT2D eigenvalue weighted by molar-refractivity contribution is 5.85. The summed E-state index contributed by atoms with van der Waals surface area (Å²) in [4.78, 5) is 14.2. The quantitative estimate of drug-likeness (QED) is 0.787. The van der Waals surface area contributed by atoms with Crippen LogP contribution in [0.1, 0.15) is 11.3 Å². The second kappa shape index (κ2) is 11.0. The van der Waals surface area contributed by atoms with Gasteiger partial charge in [0.25, 0.3) is 0 Å². The van der Waals surface area contributed by atoms with Crippen molar-refractivity contribution in [3.8, 4) is 0 Å². The number of benzene rings is 1. The van der Waals surface area contributed by atoms with Crippen molar-refractivity contribution in [2.75, 3.05) is 13.7 Å². The van der Waals surface area contributed by atoms with Crippen LogP contribution in [0.2, 0.25) is 0 Å². The molecule has 1 aromatic heterocycles. The Morgan fingerprint density at radius 2 is 1.96 bits per heavy atom. The summed E-state index contributed by atoms with van der Waals surface area (Å²) in [6.07, 6.45) is 1.66. The van der Waals surface area contributed by atoms with E-state index < -0.39 is 6.04 Å². The number of H-pyrrole nitrogens is 1. The largest absolute Gasteiger partial charge is 0.383 e. The minimum Gasteiger partial charge on any atom is -0.383 e. The van der Waals surface area contributed by atoms with E-state index in [-0.39, 0.29) is 37.3 Å². The molecule has 3 N–H and O–H groups in total. The fraction of sp³-hybridized carbons (Fsp3) is 0.333. The molecule has 0 aliphatic carbocycles. The van der Waals surface area contributed by atoms with E-state index in [0.717, 1.165) is 11.3 Å². The third kappa shape index (κ3) is 6.58. The summed E-state index contributed by atoms with van der Waals surface area (Å²) in [7, 11) is 1.53. The molecule has 0 fully saturated rings. The van der Waals surface area contributed by atoms with Gasteiger partial charge in [-0.05, 0) is 11.6 Å². The van der Waals surface area contributed by atoms with Crippen molar-refractivity contribution >= 4 is 30.7 Å². The van der Waals surface area contributed by atoms with Gasteiger partial charge in [0.05, 0.1) is 18.8 Å². The van der Waals surface area contributed by atoms with Crippen LogP contribution in [0.3, 0.4) is 0 Å². The Labute approximate surface area is 148 Å². The van der Waals surface area contributed by atoms with Crippen molar-refractivity contribution < 1.29 is 9.53 Å². The molecule has 128 valence electrons. The Hall–Kier alpha value is -1.60. The van der Waals surface area contributed by atoms with Gasteiger partial charge in [-0.1, -0.05) is 30.3 Å². The Morgan fingerprint density at radius 3 is 2.52 bits per heavy atom. The summed E-state index contributed by atoms with van der Waals surface area (Å²) >= 11 is 0. The molecule has 1 aromatic carbocycles. The molecule has 0 bridgehead atoms. The summed E-state index contributed by atoms with van der Waals surface area (Å²) in [5.41, 5.74) is 7.78. The van der Waals surface area contributed by atoms with Gasteiger partial charge in [0.15, 0.2) is 0 Å². The maximum atomic E-state index is 12.5. The lowest BCUT2D eigenvalue weighted by Crippen LogP contribution is -2.45. The van der Waals surface area contributed by atoms with Crippen LogP contribution in [0, 0.1) is 0 Å². The van der Waals surface area contributed by atoms with Crippen LogP contribution < -0.4 is 5.73 Å². The van der Waals surface area contributed by atoms with Crippen LogP contribution >= 0.6 is 24.8 Å². The van der Waals surface area contributed by atoms with E-state index >= 15 is 0 Å². The molecule has 0 saturated carbocycles. The predicted octanol–water partition coefficient (Wildman–Crippen LogP) is 1.76. The highest BCUT2D eigenvalue weighted by Gasteiger charge is 2.21. The van der Waals surface area contributed by atoms with Gasteiger partial charge in [-0.3, -0.25) is 9.89 Å². The molecule has 1 heterocycles. The molecule has 0 aliphatic heterocycles. The van der Waals surface area contributed by atoms with Crippen LogP contribution in [0.4, 0.5) is 0 Å². The first-order valence-corrected chi connectivity index (χ1v) is 6.76. The average Bonchev–Trinajstić information content (AvgIpc) is 3.00. The number of carbonyl (C=O) groups excluding carboxylic acids is 1. The van der Waals surface area contributed by atoms with Crippen LogP contribution in [0.5, 0.6) is 0 Å². The second-order valence-corrected chi connectivity index (χ2v) is 4.82. The van der Waals surface area contributed by atoms with E-state index in [0.29, 0.717) is 13.1 Å². The zero-order valence-electron chi connectivity index (χ0n) is 12.8. The SMILES string of the molecule is COCC(N)C(=O)N(Cc1ccccc1)Cc1ccn[nH]1.Cl.Cl. The summed E-state index contributed by atoms with van der Waals surface area (Å²) in [6.45, 7) is 1.13. The van der Waals surface area contributed by atoms with E-state index in [1.54, 1.807) is 11.1 Å². The monoisotopic (exact) mass is 360 g/mol. The average molecular weight is 361 g/mol. The van der Waals surface area contributed by atoms with E-state index in [9.17, 15) is 4.79 Å². The number of methoxy groups -OCH3 is 1. The fourth-order valence-electron chi connectivity index (χ4n) is 2.08. The number of halogens is 2. The highest BCUT2D eigenvalue weighted by Crippen LogP contribution is 2.10. The Balaban J connectivity index is 0.00000242. The maximum Gasteiger partial charge on any atom is 0.242 e. The van der Waals surface area contributed by atoms with Crippen LogP contribution in [-0.4, -0.2) is 40.8 Å². The molecule has 23 heavy (non-hydrogen) atoms. The first kappa shape index (κ1) is 21.4. The zero-order chi connectivity index (χ0) is 15.1. The van der Waals surface area contributed by atoms with E-state index in [1.165, 1.54) is 7.11 Å². The van der Waals surface area contributed by atoms with Crippen LogP contribution in [0.25, 0.3) is 0 Å². The molecule has 2 aromatic rings. The van der Waals surface area contributed by atoms with E-state index in [2.05, 4.69) is 10.2 Å². The third-order valence-electron chi connectivity index (χ3n) is 3.11. The normalized spacial score (nSPS) is 11.0. The van der Waals surface area contributed by atoms with Gasteiger partial charge in [-0.2, -0.15) is 5.10 Å². The Morgan fingerprint density at radius 1 is 1.26 bits per heavy atom. The molecule has 0 saturated heterocycles. The van der Waals surface area contributed by atoms with Crippen molar-refractivity contribution in [1.29, 1.82) is 0 Å². The summed E-state index contributed by atoms with van der Waals surface area (Å²) in [5, 5.41) is 6.77. The number of hydrogen-bond acceptors (Lipinski definition) is 4. The number of nitrogens with one attached hydrogen (secondary N) is 1. The number of nitrogens with zero attached hydrogens (tertiary/aromatic N) is 2. The van der Waals surface area contributed by atoms with Gasteiger partial charge in [0, 0.05) is 19.9 Å². The summed E-state index contributed by atoms with van der Waals surface area (Å²) < 4.78 is 4.97. The molecule has 0 spiro atoms. The lowest BCUT2D eigenvalue weighted by molar-refractivity contribution is -0.135. The third-order valence-corrected chi connectivity index (χ3v) is 3.11. The molecule has 1 amide bonds.